The topological polar surface area (TPSA) is 65.0 Å². The monoisotopic (exact) mass is 249 g/mol. The minimum atomic E-state index is 0.364. The van der Waals surface area contributed by atoms with Gasteiger partial charge in [0.2, 0.25) is 6.41 Å². The highest BCUT2D eigenvalue weighted by atomic mass is 32.2. The van der Waals surface area contributed by atoms with Crippen LogP contribution in [0.1, 0.15) is 6.92 Å². The Balaban J connectivity index is 2.93. The van der Waals surface area contributed by atoms with Crippen molar-refractivity contribution in [3.63, 3.8) is 0 Å². The van der Waals surface area contributed by atoms with Gasteiger partial charge in [0.15, 0.2) is 0 Å². The van der Waals surface area contributed by atoms with Gasteiger partial charge in [-0.2, -0.15) is 0 Å². The number of rotatable bonds is 6. The van der Waals surface area contributed by atoms with E-state index in [9.17, 15) is 4.79 Å². The zero-order valence-corrected chi connectivity index (χ0v) is 10.6. The number of amides is 1. The van der Waals surface area contributed by atoms with E-state index in [1.165, 1.54) is 0 Å². The van der Waals surface area contributed by atoms with Crippen LogP contribution in [0.15, 0.2) is 41.1 Å². The van der Waals surface area contributed by atoms with Gasteiger partial charge in [0.25, 0.3) is 0 Å². The lowest BCUT2D eigenvalue weighted by Crippen LogP contribution is -2.19. The fraction of sp³-hybridized carbons (Fsp3) is 0.167. The third kappa shape index (κ3) is 4.32. The Kier molecular flexibility index (Phi) is 5.29. The molecule has 0 aliphatic rings. The lowest BCUT2D eigenvalue weighted by atomic mass is 10.3. The highest BCUT2D eigenvalue weighted by molar-refractivity contribution is 7.98. The number of para-hydroxylation sites is 1. The first-order valence-electron chi connectivity index (χ1n) is 5.04. The first kappa shape index (κ1) is 13.3. The second-order valence-electron chi connectivity index (χ2n) is 3.33. The minimum absolute atomic E-state index is 0.364. The van der Waals surface area contributed by atoms with Crippen LogP contribution in [0.25, 0.3) is 0 Å². The summed E-state index contributed by atoms with van der Waals surface area (Å²) in [6.45, 7) is 1.65. The van der Waals surface area contributed by atoms with Crippen LogP contribution in [0.5, 0.6) is 0 Å². The highest BCUT2D eigenvalue weighted by Gasteiger charge is 2.02. The van der Waals surface area contributed by atoms with E-state index in [4.69, 9.17) is 5.41 Å². The maximum absolute atomic E-state index is 10.5. The number of carbonyl (C=O) groups is 1. The zero-order valence-electron chi connectivity index (χ0n) is 9.78. The van der Waals surface area contributed by atoms with Gasteiger partial charge in [-0.3, -0.25) is 4.79 Å². The summed E-state index contributed by atoms with van der Waals surface area (Å²) < 4.78 is 0. The van der Waals surface area contributed by atoms with E-state index >= 15 is 0 Å². The molecule has 1 aromatic rings. The molecule has 1 amide bonds. The van der Waals surface area contributed by atoms with Crippen LogP contribution in [0.4, 0.5) is 5.69 Å². The molecule has 0 atom stereocenters. The molecule has 0 aromatic heterocycles. The van der Waals surface area contributed by atoms with E-state index in [2.05, 4.69) is 10.6 Å². The lowest BCUT2D eigenvalue weighted by Gasteiger charge is -2.12. The van der Waals surface area contributed by atoms with Crippen LogP contribution in [-0.4, -0.2) is 18.4 Å². The maximum atomic E-state index is 10.5. The van der Waals surface area contributed by atoms with Crippen LogP contribution in [0.3, 0.4) is 0 Å². The van der Waals surface area contributed by atoms with Crippen LogP contribution < -0.4 is 10.6 Å². The Morgan fingerprint density at radius 3 is 2.71 bits per heavy atom. The number of carbonyl (C=O) groups excluding carboxylic acids is 1. The molecule has 0 heterocycles. The number of nitrogens with one attached hydrogen (secondary N) is 3. The van der Waals surface area contributed by atoms with Crippen LogP contribution in [-0.2, 0) is 4.79 Å². The van der Waals surface area contributed by atoms with Crippen molar-refractivity contribution in [2.24, 2.45) is 0 Å². The third-order valence-corrected chi connectivity index (χ3v) is 2.75. The Morgan fingerprint density at radius 1 is 1.41 bits per heavy atom. The van der Waals surface area contributed by atoms with Crippen LogP contribution in [0, 0.1) is 5.41 Å². The molecular weight excluding hydrogens is 234 g/mol. The van der Waals surface area contributed by atoms with Gasteiger partial charge in [0.1, 0.15) is 5.82 Å². The van der Waals surface area contributed by atoms with E-state index in [0.717, 1.165) is 10.6 Å². The zero-order chi connectivity index (χ0) is 12.7. The number of hydrogen-bond acceptors (Lipinski definition) is 4. The third-order valence-electron chi connectivity index (χ3n) is 1.95. The molecule has 0 saturated carbocycles. The van der Waals surface area contributed by atoms with Gasteiger partial charge in [0, 0.05) is 10.6 Å². The van der Waals surface area contributed by atoms with Crippen molar-refractivity contribution in [1.29, 1.82) is 5.41 Å². The summed E-state index contributed by atoms with van der Waals surface area (Å²) in [5, 5.41) is 13.0. The van der Waals surface area contributed by atoms with Crippen molar-refractivity contribution >= 4 is 29.6 Å². The number of allylic oxidation sites excluding steroid dienone is 1. The van der Waals surface area contributed by atoms with E-state index in [0.29, 0.717) is 17.9 Å². The highest BCUT2D eigenvalue weighted by Crippen LogP contribution is 2.25. The summed E-state index contributed by atoms with van der Waals surface area (Å²) >= 11 is 1.61. The molecule has 0 fully saturated rings. The SMILES string of the molecule is CSc1ccccc1N/C(=C\C(C)=N)NC=O. The fourth-order valence-corrected chi connectivity index (χ4v) is 1.84. The smallest absolute Gasteiger partial charge is 0.212 e. The first-order chi connectivity index (χ1) is 8.17. The number of hydrogen-bond donors (Lipinski definition) is 3. The number of benzene rings is 1. The quantitative estimate of drug-likeness (QED) is 0.412. The van der Waals surface area contributed by atoms with Crippen molar-refractivity contribution in [3.05, 3.63) is 36.2 Å². The van der Waals surface area contributed by atoms with Gasteiger partial charge >= 0.3 is 0 Å². The molecule has 0 aliphatic heterocycles. The Morgan fingerprint density at radius 2 is 2.12 bits per heavy atom. The van der Waals surface area contributed by atoms with Gasteiger partial charge in [-0.1, -0.05) is 12.1 Å². The molecule has 17 heavy (non-hydrogen) atoms. The number of thioether (sulfide) groups is 1. The molecule has 5 heteroatoms. The molecule has 0 saturated heterocycles. The predicted octanol–water partition coefficient (Wildman–Crippen LogP) is 2.45. The molecule has 0 aliphatic carbocycles. The van der Waals surface area contributed by atoms with Crippen molar-refractivity contribution in [1.82, 2.24) is 5.32 Å². The Hall–Kier alpha value is -1.75. The second kappa shape index (κ2) is 6.75. The molecule has 1 rings (SSSR count). The van der Waals surface area contributed by atoms with E-state index in [-0.39, 0.29) is 0 Å². The summed E-state index contributed by atoms with van der Waals surface area (Å²) in [6.07, 6.45) is 4.13. The fourth-order valence-electron chi connectivity index (χ4n) is 1.29. The second-order valence-corrected chi connectivity index (χ2v) is 4.18. The summed E-state index contributed by atoms with van der Waals surface area (Å²) in [5.41, 5.74) is 1.27. The summed E-state index contributed by atoms with van der Waals surface area (Å²) in [7, 11) is 0. The van der Waals surface area contributed by atoms with Crippen molar-refractivity contribution in [2.75, 3.05) is 11.6 Å². The normalized spacial score (nSPS) is 10.8. The van der Waals surface area contributed by atoms with Gasteiger partial charge in [-0.15, -0.1) is 11.8 Å². The maximum Gasteiger partial charge on any atom is 0.212 e. The molecule has 90 valence electrons. The van der Waals surface area contributed by atoms with Crippen LogP contribution >= 0.6 is 11.8 Å². The van der Waals surface area contributed by atoms with E-state index in [1.54, 1.807) is 24.8 Å². The molecule has 4 nitrogen and oxygen atoms in total. The molecule has 0 unspecified atom stereocenters. The van der Waals surface area contributed by atoms with E-state index < -0.39 is 0 Å². The summed E-state index contributed by atoms with van der Waals surface area (Å²) in [4.78, 5) is 11.6. The van der Waals surface area contributed by atoms with Gasteiger partial charge < -0.3 is 16.0 Å². The van der Waals surface area contributed by atoms with Crippen LogP contribution in [0.2, 0.25) is 0 Å². The predicted molar refractivity (Wildman–Crippen MR) is 72.5 cm³/mol. The molecule has 0 radical (unpaired) electrons. The lowest BCUT2D eigenvalue weighted by molar-refractivity contribution is -0.108. The molecule has 1 aromatic carbocycles. The first-order valence-corrected chi connectivity index (χ1v) is 6.27. The molecule has 0 spiro atoms. The molecular formula is C12H15N3OS. The summed E-state index contributed by atoms with van der Waals surface area (Å²) in [6, 6.07) is 7.78. The number of anilines is 1. The minimum Gasteiger partial charge on any atom is -0.341 e. The van der Waals surface area contributed by atoms with Gasteiger partial charge in [-0.05, 0) is 31.4 Å². The van der Waals surface area contributed by atoms with E-state index in [1.807, 2.05) is 30.5 Å². The molecule has 0 bridgehead atoms. The van der Waals surface area contributed by atoms with Crippen molar-refractivity contribution in [2.45, 2.75) is 11.8 Å². The average molecular weight is 249 g/mol. The van der Waals surface area contributed by atoms with Gasteiger partial charge in [-0.25, -0.2) is 0 Å². The Labute approximate surface area is 105 Å². The average Bonchev–Trinajstić information content (AvgIpc) is 2.29. The standard InChI is InChI=1S/C12H15N3OS/c1-9(13)7-12(14-8-16)15-10-5-3-4-6-11(10)17-2/h3-8,13,15H,1-2H3,(H,14,16)/b12-7-,13-9?. The summed E-state index contributed by atoms with van der Waals surface area (Å²) in [5.74, 6) is 0.494. The van der Waals surface area contributed by atoms with Crippen molar-refractivity contribution in [3.8, 4) is 0 Å². The largest absolute Gasteiger partial charge is 0.341 e. The van der Waals surface area contributed by atoms with Crippen molar-refractivity contribution < 1.29 is 4.79 Å². The molecule has 3 N–H and O–H groups in total. The van der Waals surface area contributed by atoms with Gasteiger partial charge in [0.05, 0.1) is 5.69 Å². The Bertz CT molecular complexity index is 443.